The van der Waals surface area contributed by atoms with Crippen LogP contribution in [0.25, 0.3) is 0 Å². The number of anilines is 1. The first-order valence-electron chi connectivity index (χ1n) is 7.48. The van der Waals surface area contributed by atoms with E-state index in [0.29, 0.717) is 23.2 Å². The van der Waals surface area contributed by atoms with E-state index in [2.05, 4.69) is 15.5 Å². The quantitative estimate of drug-likeness (QED) is 0.550. The molecule has 0 bridgehead atoms. The van der Waals surface area contributed by atoms with Crippen LogP contribution >= 0.6 is 23.1 Å². The Hall–Kier alpha value is -2.10. The molecule has 2 heterocycles. The first kappa shape index (κ1) is 17.7. The molecule has 0 radical (unpaired) electrons. The normalized spacial score (nSPS) is 12.1. The summed E-state index contributed by atoms with van der Waals surface area (Å²) in [5.74, 6) is 1.44. The van der Waals surface area contributed by atoms with Gasteiger partial charge in [-0.1, -0.05) is 23.1 Å². The van der Waals surface area contributed by atoms with Crippen LogP contribution in [0, 0.1) is 5.82 Å². The lowest BCUT2D eigenvalue weighted by molar-refractivity contribution is 0.126. The molecule has 2 N–H and O–H groups in total. The number of aromatic nitrogens is 2. The van der Waals surface area contributed by atoms with Crippen molar-refractivity contribution in [2.24, 2.45) is 0 Å². The largest absolute Gasteiger partial charge is 0.491 e. The van der Waals surface area contributed by atoms with Crippen molar-refractivity contribution in [1.29, 1.82) is 0 Å². The third kappa shape index (κ3) is 5.73. The minimum atomic E-state index is -0.668. The van der Waals surface area contributed by atoms with Crippen LogP contribution in [0.15, 0.2) is 51.4 Å². The van der Waals surface area contributed by atoms with Crippen LogP contribution in [0.2, 0.25) is 0 Å². The lowest BCUT2D eigenvalue weighted by Crippen LogP contribution is -2.20. The second-order valence-electron chi connectivity index (χ2n) is 5.04. The Kier molecular flexibility index (Phi) is 6.26. The maximum atomic E-state index is 12.8. The van der Waals surface area contributed by atoms with E-state index in [1.165, 1.54) is 47.4 Å². The minimum absolute atomic E-state index is 0.126. The van der Waals surface area contributed by atoms with Crippen LogP contribution in [0.5, 0.6) is 5.75 Å². The lowest BCUT2D eigenvalue weighted by Gasteiger charge is -2.11. The maximum absolute atomic E-state index is 12.8. The van der Waals surface area contributed by atoms with Crippen molar-refractivity contribution in [1.82, 2.24) is 10.2 Å². The molecular weight excluding hydrogens is 365 g/mol. The number of hydrogen-bond acceptors (Lipinski definition) is 8. The van der Waals surface area contributed by atoms with Crippen molar-refractivity contribution in [2.45, 2.75) is 17.0 Å². The van der Waals surface area contributed by atoms with E-state index in [4.69, 9.17) is 9.15 Å². The molecule has 6 nitrogen and oxygen atoms in total. The average Bonchev–Trinajstić information content (AvgIpc) is 3.29. The van der Waals surface area contributed by atoms with E-state index in [0.717, 1.165) is 10.1 Å². The van der Waals surface area contributed by atoms with Crippen molar-refractivity contribution >= 4 is 28.2 Å². The summed E-state index contributed by atoms with van der Waals surface area (Å²) in [7, 11) is 0. The van der Waals surface area contributed by atoms with Crippen LogP contribution in [0.3, 0.4) is 0 Å². The van der Waals surface area contributed by atoms with Crippen LogP contribution in [-0.4, -0.2) is 33.8 Å². The van der Waals surface area contributed by atoms with Crippen LogP contribution < -0.4 is 10.1 Å². The molecule has 0 aliphatic rings. The zero-order valence-corrected chi connectivity index (χ0v) is 14.7. The van der Waals surface area contributed by atoms with E-state index in [1.54, 1.807) is 6.26 Å². The highest BCUT2D eigenvalue weighted by molar-refractivity contribution is 8.01. The van der Waals surface area contributed by atoms with Gasteiger partial charge in [0.1, 0.15) is 23.9 Å². The lowest BCUT2D eigenvalue weighted by atomic mass is 10.3. The molecule has 2 aromatic heterocycles. The summed E-state index contributed by atoms with van der Waals surface area (Å²) in [5, 5.41) is 21.9. The number of aliphatic hydroxyl groups excluding tert-OH is 1. The predicted octanol–water partition coefficient (Wildman–Crippen LogP) is 3.41. The minimum Gasteiger partial charge on any atom is -0.491 e. The first-order chi connectivity index (χ1) is 12.2. The zero-order valence-electron chi connectivity index (χ0n) is 13.1. The van der Waals surface area contributed by atoms with E-state index in [9.17, 15) is 9.50 Å². The second kappa shape index (κ2) is 8.84. The summed E-state index contributed by atoms with van der Waals surface area (Å²) >= 11 is 2.81. The van der Waals surface area contributed by atoms with Gasteiger partial charge >= 0.3 is 0 Å². The fourth-order valence-electron chi connectivity index (χ4n) is 1.85. The number of thioether (sulfide) groups is 1. The Labute approximate surface area is 152 Å². The monoisotopic (exact) mass is 381 g/mol. The molecule has 0 saturated heterocycles. The van der Waals surface area contributed by atoms with Gasteiger partial charge in [0.25, 0.3) is 0 Å². The zero-order chi connectivity index (χ0) is 17.5. The fourth-order valence-corrected chi connectivity index (χ4v) is 3.53. The molecule has 0 fully saturated rings. The topological polar surface area (TPSA) is 80.4 Å². The molecule has 0 saturated carbocycles. The van der Waals surface area contributed by atoms with E-state index in [-0.39, 0.29) is 12.4 Å². The number of aliphatic hydroxyl groups is 1. The Balaban J connectivity index is 1.38. The molecule has 132 valence electrons. The molecular formula is C16H16FN3O3S2. The number of furan rings is 1. The average molecular weight is 381 g/mol. The Bertz CT molecular complexity index is 765. The molecule has 1 aromatic carbocycles. The number of hydrogen-bond donors (Lipinski definition) is 2. The maximum Gasteiger partial charge on any atom is 0.206 e. The van der Waals surface area contributed by atoms with Gasteiger partial charge < -0.3 is 19.6 Å². The van der Waals surface area contributed by atoms with E-state index in [1.807, 2.05) is 12.1 Å². The Morgan fingerprint density at radius 2 is 2.12 bits per heavy atom. The van der Waals surface area contributed by atoms with Crippen molar-refractivity contribution in [3.8, 4) is 5.75 Å². The van der Waals surface area contributed by atoms with Crippen molar-refractivity contribution in [2.75, 3.05) is 17.7 Å². The molecule has 0 aliphatic carbocycles. The number of rotatable bonds is 9. The van der Waals surface area contributed by atoms with Gasteiger partial charge in [-0.2, -0.15) is 0 Å². The van der Waals surface area contributed by atoms with E-state index >= 15 is 0 Å². The molecule has 25 heavy (non-hydrogen) atoms. The number of benzene rings is 1. The molecule has 1 unspecified atom stereocenters. The van der Waals surface area contributed by atoms with Crippen LogP contribution in [0.4, 0.5) is 9.52 Å². The molecule has 9 heteroatoms. The van der Waals surface area contributed by atoms with Crippen molar-refractivity contribution < 1.29 is 18.7 Å². The third-order valence-electron chi connectivity index (χ3n) is 3.06. The van der Waals surface area contributed by atoms with E-state index < -0.39 is 6.10 Å². The molecule has 1 atom stereocenters. The van der Waals surface area contributed by atoms with Gasteiger partial charge in [0.05, 0.1) is 18.9 Å². The predicted molar refractivity (Wildman–Crippen MR) is 94.6 cm³/mol. The molecule has 0 spiro atoms. The highest BCUT2D eigenvalue weighted by atomic mass is 32.2. The van der Waals surface area contributed by atoms with Crippen molar-refractivity contribution in [3.63, 3.8) is 0 Å². The number of nitrogens with zero attached hydrogens (tertiary/aromatic N) is 2. The Morgan fingerprint density at radius 3 is 2.88 bits per heavy atom. The summed E-state index contributed by atoms with van der Waals surface area (Å²) in [5.41, 5.74) is 0. The van der Waals surface area contributed by atoms with Gasteiger partial charge in [0, 0.05) is 5.75 Å². The summed E-state index contributed by atoms with van der Waals surface area (Å²) in [6, 6.07) is 9.38. The van der Waals surface area contributed by atoms with Crippen LogP contribution in [-0.2, 0) is 6.54 Å². The second-order valence-corrected chi connectivity index (χ2v) is 7.28. The number of nitrogens with one attached hydrogen (secondary N) is 1. The fraction of sp³-hybridized carbons (Fsp3) is 0.250. The standard InChI is InChI=1S/C16H16FN3O3S2/c17-11-3-5-13(6-4-11)23-9-12(21)10-24-16-20-19-15(25-16)18-8-14-2-1-7-22-14/h1-7,12,21H,8-10H2,(H,18,19). The van der Waals surface area contributed by atoms with Crippen LogP contribution in [0.1, 0.15) is 5.76 Å². The van der Waals surface area contributed by atoms with Gasteiger partial charge in [-0.25, -0.2) is 4.39 Å². The molecule has 0 aliphatic heterocycles. The summed E-state index contributed by atoms with van der Waals surface area (Å²) in [4.78, 5) is 0. The van der Waals surface area contributed by atoms with Gasteiger partial charge in [-0.15, -0.1) is 10.2 Å². The number of ether oxygens (including phenoxy) is 1. The van der Waals surface area contributed by atoms with Gasteiger partial charge in [-0.05, 0) is 36.4 Å². The molecule has 3 rings (SSSR count). The summed E-state index contributed by atoms with van der Waals surface area (Å²) in [6.07, 6.45) is 0.951. The third-order valence-corrected chi connectivity index (χ3v) is 5.21. The van der Waals surface area contributed by atoms with Gasteiger partial charge in [0.2, 0.25) is 5.13 Å². The summed E-state index contributed by atoms with van der Waals surface area (Å²) < 4.78 is 24.2. The first-order valence-corrected chi connectivity index (χ1v) is 9.28. The number of halogens is 1. The van der Waals surface area contributed by atoms with Gasteiger partial charge in [0.15, 0.2) is 4.34 Å². The Morgan fingerprint density at radius 1 is 1.28 bits per heavy atom. The molecule has 0 amide bonds. The highest BCUT2D eigenvalue weighted by Crippen LogP contribution is 2.26. The van der Waals surface area contributed by atoms with Crippen molar-refractivity contribution in [3.05, 3.63) is 54.2 Å². The SMILES string of the molecule is OC(COc1ccc(F)cc1)CSc1nnc(NCc2ccco2)s1. The van der Waals surface area contributed by atoms with Gasteiger partial charge in [-0.3, -0.25) is 0 Å². The smallest absolute Gasteiger partial charge is 0.206 e. The summed E-state index contributed by atoms with van der Waals surface area (Å²) in [6.45, 7) is 0.668. The highest BCUT2D eigenvalue weighted by Gasteiger charge is 2.10. The molecule has 3 aromatic rings.